The van der Waals surface area contributed by atoms with Crippen LogP contribution in [0.3, 0.4) is 0 Å². The van der Waals surface area contributed by atoms with Gasteiger partial charge in [-0.1, -0.05) is 44.2 Å². The normalized spacial score (nSPS) is 24.6. The summed E-state index contributed by atoms with van der Waals surface area (Å²) in [4.78, 5) is 2.54. The summed E-state index contributed by atoms with van der Waals surface area (Å²) in [6.07, 6.45) is 2.59. The van der Waals surface area contributed by atoms with Gasteiger partial charge in [-0.2, -0.15) is 0 Å². The highest BCUT2D eigenvalue weighted by atomic mass is 15.2. The molecule has 0 saturated heterocycles. The van der Waals surface area contributed by atoms with Crippen molar-refractivity contribution in [2.45, 2.75) is 45.7 Å². The molecular formula is C18H30N2. The molecule has 4 unspecified atom stereocenters. The lowest BCUT2D eigenvalue weighted by Gasteiger charge is -2.33. The Kier molecular flexibility index (Phi) is 5.62. The van der Waals surface area contributed by atoms with Gasteiger partial charge in [-0.05, 0) is 50.8 Å². The fraction of sp³-hybridized carbons (Fsp3) is 0.667. The molecule has 1 N–H and O–H groups in total. The lowest BCUT2D eigenvalue weighted by atomic mass is 9.99. The standard InChI is InChI=1S/C18H30N2/c1-5-11-19-18(16-9-7-6-8-10-16)15(3)20(4)13-17-12-14(17)2/h6-10,14-15,17-19H,5,11-13H2,1-4H3. The van der Waals surface area contributed by atoms with Crippen LogP contribution in [0, 0.1) is 11.8 Å². The summed E-state index contributed by atoms with van der Waals surface area (Å²) < 4.78 is 0. The highest BCUT2D eigenvalue weighted by Crippen LogP contribution is 2.38. The van der Waals surface area contributed by atoms with Gasteiger partial charge in [0.15, 0.2) is 0 Å². The van der Waals surface area contributed by atoms with E-state index in [0.29, 0.717) is 12.1 Å². The molecule has 0 aromatic heterocycles. The highest BCUT2D eigenvalue weighted by Gasteiger charge is 2.35. The smallest absolute Gasteiger partial charge is 0.0475 e. The van der Waals surface area contributed by atoms with Crippen molar-refractivity contribution in [2.24, 2.45) is 11.8 Å². The summed E-state index contributed by atoms with van der Waals surface area (Å²) >= 11 is 0. The average Bonchev–Trinajstić information content (AvgIpc) is 3.15. The van der Waals surface area contributed by atoms with Crippen LogP contribution in [0.2, 0.25) is 0 Å². The van der Waals surface area contributed by atoms with E-state index in [2.05, 4.69) is 68.4 Å². The minimum absolute atomic E-state index is 0.426. The van der Waals surface area contributed by atoms with Crippen molar-refractivity contribution in [2.75, 3.05) is 20.1 Å². The van der Waals surface area contributed by atoms with Crippen LogP contribution in [0.4, 0.5) is 0 Å². The molecule has 20 heavy (non-hydrogen) atoms. The number of nitrogens with zero attached hydrogens (tertiary/aromatic N) is 1. The summed E-state index contributed by atoms with van der Waals surface area (Å²) in [5.74, 6) is 1.86. The van der Waals surface area contributed by atoms with Crippen molar-refractivity contribution in [1.82, 2.24) is 10.2 Å². The van der Waals surface area contributed by atoms with E-state index in [4.69, 9.17) is 0 Å². The van der Waals surface area contributed by atoms with E-state index in [1.807, 2.05) is 0 Å². The van der Waals surface area contributed by atoms with E-state index in [0.717, 1.165) is 18.4 Å². The first-order chi connectivity index (χ1) is 9.63. The van der Waals surface area contributed by atoms with E-state index in [9.17, 15) is 0 Å². The molecule has 0 radical (unpaired) electrons. The first kappa shape index (κ1) is 15.5. The Bertz CT molecular complexity index is 390. The van der Waals surface area contributed by atoms with E-state index in [1.54, 1.807) is 0 Å². The van der Waals surface area contributed by atoms with Crippen molar-refractivity contribution in [3.8, 4) is 0 Å². The Morgan fingerprint density at radius 3 is 2.50 bits per heavy atom. The van der Waals surface area contributed by atoms with Crippen LogP contribution < -0.4 is 5.32 Å². The lowest BCUT2D eigenvalue weighted by Crippen LogP contribution is -2.42. The Hall–Kier alpha value is -0.860. The second-order valence-corrected chi connectivity index (χ2v) is 6.50. The van der Waals surface area contributed by atoms with Crippen LogP contribution in [0.15, 0.2) is 30.3 Å². The molecule has 0 amide bonds. The third-order valence-electron chi connectivity index (χ3n) is 4.75. The first-order valence-electron chi connectivity index (χ1n) is 8.12. The van der Waals surface area contributed by atoms with Crippen LogP contribution in [-0.4, -0.2) is 31.1 Å². The molecule has 2 rings (SSSR count). The SMILES string of the molecule is CCCNC(c1ccccc1)C(C)N(C)CC1CC1C. The largest absolute Gasteiger partial charge is 0.309 e. The molecule has 1 saturated carbocycles. The number of benzene rings is 1. The fourth-order valence-electron chi connectivity index (χ4n) is 2.97. The van der Waals surface area contributed by atoms with Crippen LogP contribution in [-0.2, 0) is 0 Å². The number of nitrogens with one attached hydrogen (secondary N) is 1. The zero-order valence-electron chi connectivity index (χ0n) is 13.5. The van der Waals surface area contributed by atoms with Gasteiger partial charge in [0.25, 0.3) is 0 Å². The third-order valence-corrected chi connectivity index (χ3v) is 4.75. The molecular weight excluding hydrogens is 244 g/mol. The summed E-state index contributed by atoms with van der Waals surface area (Å²) in [5, 5.41) is 3.73. The molecule has 0 spiro atoms. The molecule has 1 fully saturated rings. The van der Waals surface area contributed by atoms with Gasteiger partial charge in [-0.25, -0.2) is 0 Å². The van der Waals surface area contributed by atoms with Crippen molar-refractivity contribution >= 4 is 0 Å². The van der Waals surface area contributed by atoms with E-state index < -0.39 is 0 Å². The van der Waals surface area contributed by atoms with Crippen LogP contribution in [0.1, 0.15) is 45.2 Å². The summed E-state index contributed by atoms with van der Waals surface area (Å²) in [5.41, 5.74) is 1.41. The maximum Gasteiger partial charge on any atom is 0.0475 e. The molecule has 1 aromatic carbocycles. The van der Waals surface area contributed by atoms with Crippen LogP contribution >= 0.6 is 0 Å². The van der Waals surface area contributed by atoms with Crippen molar-refractivity contribution in [3.63, 3.8) is 0 Å². The third kappa shape index (κ3) is 4.07. The van der Waals surface area contributed by atoms with Crippen molar-refractivity contribution in [3.05, 3.63) is 35.9 Å². The van der Waals surface area contributed by atoms with Gasteiger partial charge in [0, 0.05) is 18.6 Å². The minimum atomic E-state index is 0.426. The van der Waals surface area contributed by atoms with E-state index in [1.165, 1.54) is 24.9 Å². The van der Waals surface area contributed by atoms with Gasteiger partial charge in [-0.15, -0.1) is 0 Å². The van der Waals surface area contributed by atoms with Crippen LogP contribution in [0.5, 0.6) is 0 Å². The van der Waals surface area contributed by atoms with Gasteiger partial charge in [0.05, 0.1) is 0 Å². The second kappa shape index (κ2) is 7.24. The van der Waals surface area contributed by atoms with Gasteiger partial charge in [0.2, 0.25) is 0 Å². The van der Waals surface area contributed by atoms with Gasteiger partial charge in [0.1, 0.15) is 0 Å². The van der Waals surface area contributed by atoms with Crippen molar-refractivity contribution < 1.29 is 0 Å². The maximum atomic E-state index is 3.73. The first-order valence-corrected chi connectivity index (χ1v) is 8.12. The Labute approximate surface area is 124 Å². The van der Waals surface area contributed by atoms with Crippen LogP contribution in [0.25, 0.3) is 0 Å². The molecule has 1 aliphatic rings. The van der Waals surface area contributed by atoms with Gasteiger partial charge in [-0.3, -0.25) is 0 Å². The molecule has 0 bridgehead atoms. The zero-order valence-corrected chi connectivity index (χ0v) is 13.5. The Morgan fingerprint density at radius 1 is 1.30 bits per heavy atom. The number of likely N-dealkylation sites (N-methyl/N-ethyl adjacent to an activating group) is 1. The van der Waals surface area contributed by atoms with Gasteiger partial charge >= 0.3 is 0 Å². The quantitative estimate of drug-likeness (QED) is 0.777. The molecule has 1 aromatic rings. The zero-order chi connectivity index (χ0) is 14.5. The molecule has 4 atom stereocenters. The fourth-order valence-corrected chi connectivity index (χ4v) is 2.97. The minimum Gasteiger partial charge on any atom is -0.309 e. The Morgan fingerprint density at radius 2 is 1.95 bits per heavy atom. The van der Waals surface area contributed by atoms with E-state index >= 15 is 0 Å². The second-order valence-electron chi connectivity index (χ2n) is 6.50. The molecule has 2 heteroatoms. The van der Waals surface area contributed by atoms with Gasteiger partial charge < -0.3 is 10.2 Å². The predicted molar refractivity (Wildman–Crippen MR) is 86.8 cm³/mol. The summed E-state index contributed by atoms with van der Waals surface area (Å²) in [6.45, 7) is 9.27. The maximum absolute atomic E-state index is 3.73. The highest BCUT2D eigenvalue weighted by molar-refractivity contribution is 5.20. The topological polar surface area (TPSA) is 15.3 Å². The molecule has 0 heterocycles. The molecule has 0 aliphatic heterocycles. The Balaban J connectivity index is 2.01. The predicted octanol–water partition coefficient (Wildman–Crippen LogP) is 3.70. The van der Waals surface area contributed by atoms with Crippen molar-refractivity contribution in [1.29, 1.82) is 0 Å². The summed E-state index contributed by atoms with van der Waals surface area (Å²) in [7, 11) is 2.28. The summed E-state index contributed by atoms with van der Waals surface area (Å²) in [6, 6.07) is 11.8. The monoisotopic (exact) mass is 274 g/mol. The number of hydrogen-bond donors (Lipinski definition) is 1. The molecule has 112 valence electrons. The lowest BCUT2D eigenvalue weighted by molar-refractivity contribution is 0.197. The molecule has 1 aliphatic carbocycles. The number of rotatable bonds is 8. The molecule has 2 nitrogen and oxygen atoms in total. The average molecular weight is 274 g/mol. The number of hydrogen-bond acceptors (Lipinski definition) is 2. The van der Waals surface area contributed by atoms with E-state index in [-0.39, 0.29) is 0 Å².